The molecule has 1 N–H and O–H groups in total. The summed E-state index contributed by atoms with van der Waals surface area (Å²) in [4.78, 5) is 2.56. The maximum atomic E-state index is 6.19. The Morgan fingerprint density at radius 1 is 1.21 bits per heavy atom. The van der Waals surface area contributed by atoms with E-state index < -0.39 is 0 Å². The highest BCUT2D eigenvalue weighted by Gasteiger charge is 2.33. The second-order valence-electron chi connectivity index (χ2n) is 5.36. The van der Waals surface area contributed by atoms with Crippen molar-refractivity contribution in [1.82, 2.24) is 10.2 Å². The van der Waals surface area contributed by atoms with Gasteiger partial charge in [0, 0.05) is 29.2 Å². The van der Waals surface area contributed by atoms with Gasteiger partial charge >= 0.3 is 0 Å². The van der Waals surface area contributed by atoms with Crippen LogP contribution in [0.2, 0.25) is 10.0 Å². The molecule has 19 heavy (non-hydrogen) atoms. The Hall–Kier alpha value is 0.01000. The highest BCUT2D eigenvalue weighted by atomic mass is 35.5. The van der Waals surface area contributed by atoms with Gasteiger partial charge in [-0.1, -0.05) is 29.3 Å². The third-order valence-corrected chi connectivity index (χ3v) is 4.81. The smallest absolute Gasteiger partial charge is 0.0465 e. The maximum Gasteiger partial charge on any atom is 0.0465 e. The van der Waals surface area contributed by atoms with E-state index in [9.17, 15) is 0 Å². The van der Waals surface area contributed by atoms with Crippen LogP contribution in [-0.2, 0) is 6.54 Å². The predicted octanol–water partition coefficient (Wildman–Crippen LogP) is 3.60. The molecule has 3 aliphatic heterocycles. The summed E-state index contributed by atoms with van der Waals surface area (Å²) in [6, 6.07) is 6.36. The summed E-state index contributed by atoms with van der Waals surface area (Å²) in [6.07, 6.45) is 2.68. The molecule has 4 rings (SSSR count). The van der Waals surface area contributed by atoms with Crippen LogP contribution in [0.15, 0.2) is 18.2 Å². The Kier molecular flexibility index (Phi) is 5.38. The summed E-state index contributed by atoms with van der Waals surface area (Å²) >= 11 is 12.1. The van der Waals surface area contributed by atoms with Crippen molar-refractivity contribution in [3.05, 3.63) is 33.8 Å². The lowest BCUT2D eigenvalue weighted by Crippen LogP contribution is -2.55. The molecule has 0 amide bonds. The minimum Gasteiger partial charge on any atom is -0.308 e. The highest BCUT2D eigenvalue weighted by molar-refractivity contribution is 6.35. The molecule has 3 heterocycles. The van der Waals surface area contributed by atoms with Gasteiger partial charge in [-0.15, -0.1) is 12.4 Å². The van der Waals surface area contributed by atoms with E-state index in [4.69, 9.17) is 23.2 Å². The Morgan fingerprint density at radius 2 is 1.95 bits per heavy atom. The van der Waals surface area contributed by atoms with Crippen LogP contribution in [-0.4, -0.2) is 30.6 Å². The SMILES string of the molecule is Cl.Clc1ccc(CNC2CN3CCC2CC3)c(Cl)c1. The van der Waals surface area contributed by atoms with Gasteiger partial charge in [0.2, 0.25) is 0 Å². The van der Waals surface area contributed by atoms with E-state index in [1.54, 1.807) is 0 Å². The van der Waals surface area contributed by atoms with Crippen LogP contribution in [0, 0.1) is 5.92 Å². The van der Waals surface area contributed by atoms with E-state index in [2.05, 4.69) is 10.2 Å². The van der Waals surface area contributed by atoms with Gasteiger partial charge in [-0.05, 0) is 49.5 Å². The Labute approximate surface area is 130 Å². The van der Waals surface area contributed by atoms with Crippen LogP contribution in [0.3, 0.4) is 0 Å². The van der Waals surface area contributed by atoms with Crippen molar-refractivity contribution in [2.24, 2.45) is 5.92 Å². The van der Waals surface area contributed by atoms with Gasteiger partial charge in [-0.25, -0.2) is 0 Å². The lowest BCUT2D eigenvalue weighted by molar-refractivity contribution is 0.0720. The first-order valence-corrected chi connectivity index (χ1v) is 7.37. The van der Waals surface area contributed by atoms with Gasteiger partial charge in [-0.2, -0.15) is 0 Å². The third-order valence-electron chi connectivity index (χ3n) is 4.23. The van der Waals surface area contributed by atoms with Gasteiger partial charge < -0.3 is 10.2 Å². The molecule has 5 heteroatoms. The van der Waals surface area contributed by atoms with Crippen LogP contribution >= 0.6 is 35.6 Å². The number of hydrogen-bond acceptors (Lipinski definition) is 2. The molecule has 0 aliphatic carbocycles. The normalized spacial score (nSPS) is 29.1. The topological polar surface area (TPSA) is 15.3 Å². The Balaban J connectivity index is 0.00000133. The molecule has 1 aromatic carbocycles. The van der Waals surface area contributed by atoms with E-state index in [1.165, 1.54) is 32.5 Å². The van der Waals surface area contributed by atoms with Gasteiger partial charge in [0.25, 0.3) is 0 Å². The van der Waals surface area contributed by atoms with Crippen molar-refractivity contribution >= 4 is 35.6 Å². The van der Waals surface area contributed by atoms with Crippen molar-refractivity contribution < 1.29 is 0 Å². The van der Waals surface area contributed by atoms with Gasteiger partial charge in [-0.3, -0.25) is 0 Å². The minimum atomic E-state index is 0. The van der Waals surface area contributed by atoms with Gasteiger partial charge in [0.1, 0.15) is 0 Å². The summed E-state index contributed by atoms with van der Waals surface area (Å²) in [5.41, 5.74) is 1.14. The molecule has 0 aromatic heterocycles. The fourth-order valence-corrected chi connectivity index (χ4v) is 3.58. The third kappa shape index (κ3) is 3.56. The number of halogens is 3. The standard InChI is InChI=1S/C14H18Cl2N2.ClH/c15-12-2-1-11(13(16)7-12)8-17-14-9-18-5-3-10(14)4-6-18;/h1-2,7,10,14,17H,3-6,8-9H2;1H. The first-order chi connectivity index (χ1) is 8.72. The highest BCUT2D eigenvalue weighted by Crippen LogP contribution is 2.28. The van der Waals surface area contributed by atoms with Gasteiger partial charge in [0.15, 0.2) is 0 Å². The van der Waals surface area contributed by atoms with E-state index in [1.807, 2.05) is 18.2 Å². The lowest BCUT2D eigenvalue weighted by atomic mass is 9.84. The largest absolute Gasteiger partial charge is 0.308 e. The molecule has 3 fully saturated rings. The fourth-order valence-electron chi connectivity index (χ4n) is 3.10. The first kappa shape index (κ1) is 15.4. The fraction of sp³-hybridized carbons (Fsp3) is 0.571. The van der Waals surface area contributed by atoms with E-state index >= 15 is 0 Å². The number of hydrogen-bond donors (Lipinski definition) is 1. The molecule has 1 atom stereocenters. The molecular weight excluding hydrogens is 303 g/mol. The van der Waals surface area contributed by atoms with Crippen molar-refractivity contribution in [3.63, 3.8) is 0 Å². The molecule has 3 aliphatic rings. The summed E-state index contributed by atoms with van der Waals surface area (Å²) in [7, 11) is 0. The molecule has 0 spiro atoms. The van der Waals surface area contributed by atoms with E-state index in [-0.39, 0.29) is 12.4 Å². The second kappa shape index (κ2) is 6.64. The minimum absolute atomic E-state index is 0. The van der Waals surface area contributed by atoms with E-state index in [0.29, 0.717) is 11.1 Å². The first-order valence-electron chi connectivity index (χ1n) is 6.62. The summed E-state index contributed by atoms with van der Waals surface area (Å²) in [5.74, 6) is 0.848. The molecule has 0 radical (unpaired) electrons. The van der Waals surface area contributed by atoms with E-state index in [0.717, 1.165) is 23.0 Å². The molecule has 2 nitrogen and oxygen atoms in total. The van der Waals surface area contributed by atoms with Crippen LogP contribution in [0.25, 0.3) is 0 Å². The number of nitrogens with zero attached hydrogens (tertiary/aromatic N) is 1. The molecule has 1 unspecified atom stereocenters. The lowest BCUT2D eigenvalue weighted by Gasteiger charge is -2.45. The monoisotopic (exact) mass is 320 g/mol. The van der Waals surface area contributed by atoms with Crippen LogP contribution in [0.4, 0.5) is 0 Å². The summed E-state index contributed by atoms with van der Waals surface area (Å²) in [5, 5.41) is 5.12. The van der Waals surface area contributed by atoms with Gasteiger partial charge in [0.05, 0.1) is 0 Å². The molecule has 2 bridgehead atoms. The average Bonchev–Trinajstić information content (AvgIpc) is 2.39. The number of fused-ring (bicyclic) bond motifs is 3. The van der Waals surface area contributed by atoms with Crippen molar-refractivity contribution in [3.8, 4) is 0 Å². The van der Waals surface area contributed by atoms with Crippen LogP contribution < -0.4 is 5.32 Å². The zero-order chi connectivity index (χ0) is 12.5. The number of piperidine rings is 3. The Bertz CT molecular complexity index is 431. The van der Waals surface area contributed by atoms with Crippen molar-refractivity contribution in [1.29, 1.82) is 0 Å². The Morgan fingerprint density at radius 3 is 2.53 bits per heavy atom. The maximum absolute atomic E-state index is 6.19. The molecular formula is C14H19Cl3N2. The number of rotatable bonds is 3. The molecule has 106 valence electrons. The summed E-state index contributed by atoms with van der Waals surface area (Å²) < 4.78 is 0. The van der Waals surface area contributed by atoms with Crippen molar-refractivity contribution in [2.75, 3.05) is 19.6 Å². The molecule has 3 saturated heterocycles. The van der Waals surface area contributed by atoms with Crippen molar-refractivity contribution in [2.45, 2.75) is 25.4 Å². The summed E-state index contributed by atoms with van der Waals surface area (Å²) in [6.45, 7) is 4.59. The molecule has 1 aromatic rings. The predicted molar refractivity (Wildman–Crippen MR) is 83.5 cm³/mol. The zero-order valence-electron chi connectivity index (χ0n) is 10.7. The molecule has 0 saturated carbocycles. The number of benzene rings is 1. The average molecular weight is 322 g/mol. The van der Waals surface area contributed by atoms with Crippen LogP contribution in [0.5, 0.6) is 0 Å². The van der Waals surface area contributed by atoms with Crippen LogP contribution in [0.1, 0.15) is 18.4 Å². The quantitative estimate of drug-likeness (QED) is 0.915. The zero-order valence-corrected chi connectivity index (χ0v) is 13.1. The second-order valence-corrected chi connectivity index (χ2v) is 6.20. The number of nitrogens with one attached hydrogen (secondary N) is 1.